The number of aliphatic carboxylic acids is 2. The van der Waals surface area contributed by atoms with E-state index in [4.69, 9.17) is 29.3 Å². The number of benzene rings is 2. The number of hydrogen-bond acceptors (Lipinski definition) is 5. The zero-order chi connectivity index (χ0) is 20.7. The number of rotatable bonds is 4. The molecular weight excluding hydrogens is 362 g/mol. The van der Waals surface area contributed by atoms with Gasteiger partial charge in [-0.2, -0.15) is 0 Å². The van der Waals surface area contributed by atoms with Crippen LogP contribution in [0.3, 0.4) is 0 Å². The van der Waals surface area contributed by atoms with Gasteiger partial charge in [0.15, 0.2) is 0 Å². The Hall–Kier alpha value is -2.74. The quantitative estimate of drug-likeness (QED) is 0.778. The first-order valence-corrected chi connectivity index (χ1v) is 8.83. The molecule has 2 unspecified atom stereocenters. The first kappa shape index (κ1) is 21.6. The Bertz CT molecular complexity index is 726. The fourth-order valence-corrected chi connectivity index (χ4v) is 2.84. The maximum absolute atomic E-state index is 9.10. The highest BCUT2D eigenvalue weighted by molar-refractivity contribution is 6.27. The molecule has 2 aromatic rings. The van der Waals surface area contributed by atoms with Crippen molar-refractivity contribution in [3.8, 4) is 0 Å². The number of ether oxygens (including phenoxy) is 2. The third-order valence-electron chi connectivity index (χ3n) is 4.61. The normalized spacial score (nSPS) is 18.8. The fraction of sp³-hybridized carbons (Fsp3) is 0.333. The summed E-state index contributed by atoms with van der Waals surface area (Å²) >= 11 is 0. The lowest BCUT2D eigenvalue weighted by Gasteiger charge is -2.31. The van der Waals surface area contributed by atoms with Gasteiger partial charge >= 0.3 is 11.9 Å². The van der Waals surface area contributed by atoms with Gasteiger partial charge in [0.25, 0.3) is 0 Å². The van der Waals surface area contributed by atoms with Crippen molar-refractivity contribution in [2.75, 3.05) is 20.7 Å². The second kappa shape index (κ2) is 9.45. The molecule has 0 bridgehead atoms. The van der Waals surface area contributed by atoms with Crippen LogP contribution in [-0.2, 0) is 24.8 Å². The van der Waals surface area contributed by atoms with Gasteiger partial charge in [0.1, 0.15) is 6.10 Å². The fourth-order valence-electron chi connectivity index (χ4n) is 2.84. The van der Waals surface area contributed by atoms with E-state index in [1.807, 2.05) is 36.4 Å². The molecule has 0 aromatic heterocycles. The van der Waals surface area contributed by atoms with Crippen molar-refractivity contribution in [3.63, 3.8) is 0 Å². The Balaban J connectivity index is 0.000000409. The molecule has 2 N–H and O–H groups in total. The lowest BCUT2D eigenvalue weighted by molar-refractivity contribution is -0.159. The summed E-state index contributed by atoms with van der Waals surface area (Å²) in [5, 5.41) is 14.8. The van der Waals surface area contributed by atoms with E-state index in [-0.39, 0.29) is 12.1 Å². The van der Waals surface area contributed by atoms with E-state index in [1.54, 1.807) is 0 Å². The predicted octanol–water partition coefficient (Wildman–Crippen LogP) is 2.41. The molecular formula is C21H25NO6. The maximum atomic E-state index is 9.10. The van der Waals surface area contributed by atoms with E-state index in [9.17, 15) is 0 Å². The summed E-state index contributed by atoms with van der Waals surface area (Å²) in [4.78, 5) is 20.4. The zero-order valence-corrected chi connectivity index (χ0v) is 16.1. The molecule has 7 heteroatoms. The van der Waals surface area contributed by atoms with Crippen LogP contribution in [0, 0.1) is 0 Å². The van der Waals surface area contributed by atoms with Crippen LogP contribution >= 0.6 is 0 Å². The minimum Gasteiger partial charge on any atom is -0.473 e. The molecule has 7 nitrogen and oxygen atoms in total. The lowest BCUT2D eigenvalue weighted by atomic mass is 9.97. The van der Waals surface area contributed by atoms with Crippen molar-refractivity contribution in [3.05, 3.63) is 71.8 Å². The second-order valence-electron chi connectivity index (χ2n) is 6.63. The van der Waals surface area contributed by atoms with E-state index < -0.39 is 17.7 Å². The standard InChI is InChI=1S/C19H23NO2.C2H2O4/c1-15(20(2)3)18-14-21-19(22-18,16-10-6-4-7-11-16)17-12-8-5-9-13-17;3-1(4)2(5)6/h4-13,15,18H,14H2,1-3H3;(H,3,4)(H,5,6). The van der Waals surface area contributed by atoms with Crippen LogP contribution < -0.4 is 0 Å². The topological polar surface area (TPSA) is 96.3 Å². The first-order chi connectivity index (χ1) is 13.3. The smallest absolute Gasteiger partial charge is 0.414 e. The van der Waals surface area contributed by atoms with Crippen LogP contribution in [0.1, 0.15) is 18.1 Å². The molecule has 28 heavy (non-hydrogen) atoms. The Labute approximate surface area is 164 Å². The summed E-state index contributed by atoms with van der Waals surface area (Å²) in [5.74, 6) is -4.46. The Kier molecular flexibility index (Phi) is 7.28. The molecule has 1 aliphatic heterocycles. The van der Waals surface area contributed by atoms with Gasteiger partial charge in [-0.3, -0.25) is 0 Å². The number of likely N-dealkylation sites (N-methyl/N-ethyl adjacent to an activating group) is 1. The Morgan fingerprint density at radius 1 is 0.964 bits per heavy atom. The highest BCUT2D eigenvalue weighted by atomic mass is 16.7. The third kappa shape index (κ3) is 4.95. The average molecular weight is 387 g/mol. The summed E-state index contributed by atoms with van der Waals surface area (Å²) in [7, 11) is 4.14. The van der Waals surface area contributed by atoms with Crippen molar-refractivity contribution in [2.45, 2.75) is 24.9 Å². The van der Waals surface area contributed by atoms with Crippen LogP contribution in [0.15, 0.2) is 60.7 Å². The molecule has 1 aliphatic rings. The Morgan fingerprint density at radius 3 is 1.75 bits per heavy atom. The molecule has 2 atom stereocenters. The third-order valence-corrected chi connectivity index (χ3v) is 4.61. The minimum absolute atomic E-state index is 0.0374. The van der Waals surface area contributed by atoms with Gasteiger partial charge in [0.05, 0.1) is 6.61 Å². The predicted molar refractivity (Wildman–Crippen MR) is 103 cm³/mol. The highest BCUT2D eigenvalue weighted by Crippen LogP contribution is 2.41. The van der Waals surface area contributed by atoms with Gasteiger partial charge in [-0.15, -0.1) is 0 Å². The number of hydrogen-bond donors (Lipinski definition) is 2. The molecule has 1 saturated heterocycles. The van der Waals surface area contributed by atoms with Gasteiger partial charge in [-0.05, 0) is 21.0 Å². The summed E-state index contributed by atoms with van der Waals surface area (Å²) in [6, 6.07) is 20.7. The Morgan fingerprint density at radius 2 is 1.39 bits per heavy atom. The number of nitrogens with zero attached hydrogens (tertiary/aromatic N) is 1. The van der Waals surface area contributed by atoms with Gasteiger partial charge < -0.3 is 24.6 Å². The monoisotopic (exact) mass is 387 g/mol. The molecule has 0 saturated carbocycles. The lowest BCUT2D eigenvalue weighted by Crippen LogP contribution is -2.39. The average Bonchev–Trinajstić information content (AvgIpc) is 3.15. The summed E-state index contributed by atoms with van der Waals surface area (Å²) < 4.78 is 12.7. The van der Waals surface area contributed by atoms with E-state index >= 15 is 0 Å². The summed E-state index contributed by atoms with van der Waals surface area (Å²) in [6.45, 7) is 2.75. The summed E-state index contributed by atoms with van der Waals surface area (Å²) in [5.41, 5.74) is 2.07. The molecule has 0 amide bonds. The number of carboxylic acids is 2. The van der Waals surface area contributed by atoms with Gasteiger partial charge in [0.2, 0.25) is 5.79 Å². The van der Waals surface area contributed by atoms with Crippen LogP contribution in [-0.4, -0.2) is 59.9 Å². The van der Waals surface area contributed by atoms with Crippen LogP contribution in [0.5, 0.6) is 0 Å². The van der Waals surface area contributed by atoms with Crippen molar-refractivity contribution >= 4 is 11.9 Å². The maximum Gasteiger partial charge on any atom is 0.414 e. The molecule has 0 spiro atoms. The first-order valence-electron chi connectivity index (χ1n) is 8.83. The van der Waals surface area contributed by atoms with E-state index in [0.29, 0.717) is 6.61 Å². The van der Waals surface area contributed by atoms with Gasteiger partial charge in [-0.25, -0.2) is 9.59 Å². The number of carboxylic acid groups (broad SMARTS) is 2. The molecule has 0 radical (unpaired) electrons. The second-order valence-corrected chi connectivity index (χ2v) is 6.63. The molecule has 2 aromatic carbocycles. The minimum atomic E-state index is -1.82. The molecule has 150 valence electrons. The van der Waals surface area contributed by atoms with Crippen LogP contribution in [0.2, 0.25) is 0 Å². The van der Waals surface area contributed by atoms with E-state index in [2.05, 4.69) is 50.2 Å². The number of carbonyl (C=O) groups is 2. The van der Waals surface area contributed by atoms with Crippen molar-refractivity contribution in [2.24, 2.45) is 0 Å². The molecule has 3 rings (SSSR count). The van der Waals surface area contributed by atoms with Crippen molar-refractivity contribution < 1.29 is 29.3 Å². The van der Waals surface area contributed by atoms with E-state index in [0.717, 1.165) is 11.1 Å². The molecule has 1 heterocycles. The van der Waals surface area contributed by atoms with Crippen LogP contribution in [0.25, 0.3) is 0 Å². The van der Waals surface area contributed by atoms with Crippen LogP contribution in [0.4, 0.5) is 0 Å². The van der Waals surface area contributed by atoms with E-state index in [1.165, 1.54) is 0 Å². The van der Waals surface area contributed by atoms with Crippen molar-refractivity contribution in [1.82, 2.24) is 4.90 Å². The molecule has 0 aliphatic carbocycles. The van der Waals surface area contributed by atoms with Gasteiger partial charge in [0, 0.05) is 17.2 Å². The SMILES string of the molecule is CC(C1COC(c2ccccc2)(c2ccccc2)O1)N(C)C.O=C(O)C(=O)O. The highest BCUT2D eigenvalue weighted by Gasteiger charge is 2.46. The largest absolute Gasteiger partial charge is 0.473 e. The molecule has 1 fully saturated rings. The van der Waals surface area contributed by atoms with Gasteiger partial charge in [-0.1, -0.05) is 60.7 Å². The van der Waals surface area contributed by atoms with Crippen molar-refractivity contribution in [1.29, 1.82) is 0 Å². The zero-order valence-electron chi connectivity index (χ0n) is 16.1. The summed E-state index contributed by atoms with van der Waals surface area (Å²) in [6.07, 6.45) is 0.0374.